The molecule has 0 saturated heterocycles. The second kappa shape index (κ2) is 9.77. The van der Waals surface area contributed by atoms with Gasteiger partial charge in [-0.2, -0.15) is 0 Å². The van der Waals surface area contributed by atoms with Gasteiger partial charge in [-0.05, 0) is 56.4 Å². The first kappa shape index (κ1) is 24.9. The third kappa shape index (κ3) is 5.20. The number of hydrogen-bond donors (Lipinski definition) is 0. The van der Waals surface area contributed by atoms with E-state index in [-0.39, 0.29) is 31.9 Å². The van der Waals surface area contributed by atoms with Gasteiger partial charge in [-0.25, -0.2) is 4.79 Å². The Morgan fingerprint density at radius 2 is 1.50 bits per heavy atom. The molecule has 1 aromatic rings. The maximum absolute atomic E-state index is 12.9. The molecule has 4 saturated carbocycles. The highest BCUT2D eigenvalue weighted by molar-refractivity contribution is 5.97. The fourth-order valence-electron chi connectivity index (χ4n) is 6.25. The van der Waals surface area contributed by atoms with Gasteiger partial charge >= 0.3 is 5.97 Å². The molecular formula is C26H34O8. The molecule has 8 heteroatoms. The molecule has 4 aliphatic rings. The van der Waals surface area contributed by atoms with Crippen LogP contribution < -0.4 is 4.74 Å². The van der Waals surface area contributed by atoms with Gasteiger partial charge in [0.2, 0.25) is 0 Å². The van der Waals surface area contributed by atoms with Crippen molar-refractivity contribution in [3.63, 3.8) is 0 Å². The topological polar surface area (TPSA) is 89.5 Å². The number of benzene rings is 1. The first-order valence-electron chi connectivity index (χ1n) is 11.6. The molecule has 34 heavy (non-hydrogen) atoms. The molecule has 0 amide bonds. The van der Waals surface area contributed by atoms with Crippen molar-refractivity contribution in [1.82, 2.24) is 0 Å². The van der Waals surface area contributed by atoms with Crippen LogP contribution in [0.1, 0.15) is 55.8 Å². The summed E-state index contributed by atoms with van der Waals surface area (Å²) in [6, 6.07) is 6.90. The Hall–Kier alpha value is -2.26. The molecule has 0 spiro atoms. The fraction of sp³-hybridized carbons (Fsp3) is 0.615. The number of methoxy groups -OCH3 is 2. The van der Waals surface area contributed by atoms with Crippen LogP contribution in [0, 0.1) is 5.92 Å². The van der Waals surface area contributed by atoms with Crippen LogP contribution in [0.4, 0.5) is 0 Å². The predicted molar refractivity (Wildman–Crippen MR) is 122 cm³/mol. The van der Waals surface area contributed by atoms with E-state index in [0.29, 0.717) is 36.1 Å². The van der Waals surface area contributed by atoms with Crippen LogP contribution in [0.3, 0.4) is 0 Å². The minimum atomic E-state index is -0.688. The van der Waals surface area contributed by atoms with Gasteiger partial charge in [-0.15, -0.1) is 0 Å². The van der Waals surface area contributed by atoms with Crippen LogP contribution in [-0.2, 0) is 28.5 Å². The lowest BCUT2D eigenvalue weighted by atomic mass is 9.50. The van der Waals surface area contributed by atoms with E-state index in [4.69, 9.17) is 28.4 Å². The summed E-state index contributed by atoms with van der Waals surface area (Å²) >= 11 is 0. The highest BCUT2D eigenvalue weighted by atomic mass is 16.7. The lowest BCUT2D eigenvalue weighted by Crippen LogP contribution is -2.68. The molecule has 8 nitrogen and oxygen atoms in total. The summed E-state index contributed by atoms with van der Waals surface area (Å²) in [5.41, 5.74) is -0.880. The lowest BCUT2D eigenvalue weighted by molar-refractivity contribution is -0.293. The summed E-state index contributed by atoms with van der Waals surface area (Å²) in [7, 11) is 3.14. The normalized spacial score (nSPS) is 31.3. The van der Waals surface area contributed by atoms with E-state index < -0.39 is 22.8 Å². The van der Waals surface area contributed by atoms with Gasteiger partial charge in [-0.3, -0.25) is 4.79 Å². The quantitative estimate of drug-likeness (QED) is 0.195. The summed E-state index contributed by atoms with van der Waals surface area (Å²) in [6.07, 6.45) is 4.24. The first-order chi connectivity index (χ1) is 16.2. The fourth-order valence-corrected chi connectivity index (χ4v) is 6.25. The number of Topliss-reactive ketones (excluding diaryl/α,β-unsaturated/α-hetero) is 1. The molecule has 0 radical (unpaired) electrons. The predicted octanol–water partition coefficient (Wildman–Crippen LogP) is 3.82. The Bertz CT molecular complexity index is 927. The van der Waals surface area contributed by atoms with Gasteiger partial charge in [0.15, 0.2) is 12.6 Å². The van der Waals surface area contributed by atoms with E-state index in [1.165, 1.54) is 0 Å². The number of hydrogen-bond acceptors (Lipinski definition) is 8. The second-order valence-corrected chi connectivity index (χ2v) is 10.1. The Balaban J connectivity index is 1.49. The van der Waals surface area contributed by atoms with Crippen LogP contribution in [0.5, 0.6) is 5.75 Å². The van der Waals surface area contributed by atoms with E-state index >= 15 is 0 Å². The molecule has 4 bridgehead atoms. The van der Waals surface area contributed by atoms with Gasteiger partial charge < -0.3 is 28.4 Å². The Kier molecular flexibility index (Phi) is 7.14. The van der Waals surface area contributed by atoms with Crippen molar-refractivity contribution in [3.8, 4) is 5.75 Å². The molecule has 0 heterocycles. The zero-order valence-corrected chi connectivity index (χ0v) is 20.2. The van der Waals surface area contributed by atoms with Crippen LogP contribution in [-0.4, -0.2) is 63.0 Å². The highest BCUT2D eigenvalue weighted by Crippen LogP contribution is 2.63. The van der Waals surface area contributed by atoms with Crippen LogP contribution in [0.15, 0.2) is 36.4 Å². The molecule has 0 aromatic heterocycles. The van der Waals surface area contributed by atoms with Gasteiger partial charge in [0, 0.05) is 44.6 Å². The molecule has 1 aromatic carbocycles. The van der Waals surface area contributed by atoms with Crippen molar-refractivity contribution in [2.75, 3.05) is 34.4 Å². The molecule has 4 atom stereocenters. The van der Waals surface area contributed by atoms with Crippen molar-refractivity contribution >= 4 is 11.8 Å². The van der Waals surface area contributed by atoms with E-state index in [1.807, 2.05) is 0 Å². The molecule has 186 valence electrons. The lowest BCUT2D eigenvalue weighted by Gasteiger charge is -2.64. The number of ketones is 1. The molecule has 4 fully saturated rings. The number of carbonyl (C=O) groups excluding carboxylic acids is 2. The van der Waals surface area contributed by atoms with E-state index in [2.05, 4.69) is 6.58 Å². The zero-order valence-electron chi connectivity index (χ0n) is 20.2. The maximum atomic E-state index is 12.9. The minimum Gasteiger partial charge on any atom is -0.468 e. The summed E-state index contributed by atoms with van der Waals surface area (Å²) in [5, 5.41) is 0. The molecule has 4 aliphatic carbocycles. The van der Waals surface area contributed by atoms with Crippen molar-refractivity contribution in [1.29, 1.82) is 0 Å². The number of ether oxygens (including phenoxy) is 6. The molecule has 0 aliphatic heterocycles. The zero-order chi connectivity index (χ0) is 24.4. The van der Waals surface area contributed by atoms with Crippen LogP contribution in [0.25, 0.3) is 0 Å². The molecule has 5 rings (SSSR count). The Morgan fingerprint density at radius 1 is 0.912 bits per heavy atom. The van der Waals surface area contributed by atoms with E-state index in [0.717, 1.165) is 19.3 Å². The van der Waals surface area contributed by atoms with Crippen molar-refractivity contribution < 1.29 is 38.0 Å². The second-order valence-electron chi connectivity index (χ2n) is 10.1. The van der Waals surface area contributed by atoms with Gasteiger partial charge in [0.05, 0.1) is 11.2 Å². The maximum Gasteiger partial charge on any atom is 0.333 e. The number of rotatable bonds is 12. The minimum absolute atomic E-state index is 0.0597. The van der Waals surface area contributed by atoms with E-state index in [1.54, 1.807) is 45.4 Å². The van der Waals surface area contributed by atoms with Crippen LogP contribution >= 0.6 is 0 Å². The third-order valence-corrected chi connectivity index (χ3v) is 7.08. The molecule has 4 unspecified atom stereocenters. The standard InChI is InChI=1S/C26H34O8/c1-18(2)23(28)34-26-11-19-9-24(14-26,13-25(10-19,15-26)33-17-30-4)32-12-22(27)20-5-7-21(8-6-20)31-16-29-3/h5-8,19H,1,9-17H2,2-4H3. The van der Waals surface area contributed by atoms with Crippen molar-refractivity contribution in [3.05, 3.63) is 42.0 Å². The SMILES string of the molecule is C=C(C)C(=O)OC12CC3CC(OCOC)(CC(OCC(=O)c4ccc(OCOC)cc4)(C3)C1)C2. The average Bonchev–Trinajstić information content (AvgIpc) is 2.79. The number of carbonyl (C=O) groups is 2. The monoisotopic (exact) mass is 474 g/mol. The summed E-state index contributed by atoms with van der Waals surface area (Å²) < 4.78 is 34.1. The molecule has 0 N–H and O–H groups in total. The summed E-state index contributed by atoms with van der Waals surface area (Å²) in [4.78, 5) is 25.4. The Morgan fingerprint density at radius 3 is 2.12 bits per heavy atom. The average molecular weight is 475 g/mol. The largest absolute Gasteiger partial charge is 0.468 e. The Labute approximate surface area is 200 Å². The first-order valence-corrected chi connectivity index (χ1v) is 11.6. The molecular weight excluding hydrogens is 440 g/mol. The third-order valence-electron chi connectivity index (χ3n) is 7.08. The van der Waals surface area contributed by atoms with Gasteiger partial charge in [-0.1, -0.05) is 6.58 Å². The smallest absolute Gasteiger partial charge is 0.333 e. The summed E-state index contributed by atoms with van der Waals surface area (Å²) in [6.45, 7) is 5.63. The van der Waals surface area contributed by atoms with Gasteiger partial charge in [0.25, 0.3) is 0 Å². The van der Waals surface area contributed by atoms with E-state index in [9.17, 15) is 9.59 Å². The number of esters is 1. The highest BCUT2D eigenvalue weighted by Gasteiger charge is 2.66. The summed E-state index contributed by atoms with van der Waals surface area (Å²) in [5.74, 6) is 0.386. The van der Waals surface area contributed by atoms with Gasteiger partial charge in [0.1, 0.15) is 24.8 Å². The van der Waals surface area contributed by atoms with Crippen molar-refractivity contribution in [2.24, 2.45) is 5.92 Å². The van der Waals surface area contributed by atoms with Crippen molar-refractivity contribution in [2.45, 2.75) is 62.3 Å². The van der Waals surface area contributed by atoms with Crippen LogP contribution in [0.2, 0.25) is 0 Å².